The Morgan fingerprint density at radius 2 is 1.74 bits per heavy atom. The monoisotopic (exact) mass is 266 g/mol. The van der Waals surface area contributed by atoms with Crippen molar-refractivity contribution in [2.45, 2.75) is 71.1 Å². The highest BCUT2D eigenvalue weighted by atomic mass is 16.4. The Kier molecular flexibility index (Phi) is 7.31. The van der Waals surface area contributed by atoms with Crippen LogP contribution in [-0.4, -0.2) is 5.11 Å². The topological polar surface area (TPSA) is 50.4 Å². The number of unbranched alkanes of at least 4 members (excludes halogenated alkanes) is 4. The summed E-state index contributed by atoms with van der Waals surface area (Å²) in [6.07, 6.45) is 9.17. The predicted octanol–water partition coefficient (Wildman–Crippen LogP) is 4.59. The Labute approximate surface area is 115 Å². The van der Waals surface area contributed by atoms with Gasteiger partial charge < -0.3 is 9.52 Å². The fraction of sp³-hybridized carbons (Fsp3) is 0.688. The molecule has 1 aromatic heterocycles. The minimum Gasteiger partial charge on any atom is -0.508 e. The van der Waals surface area contributed by atoms with Crippen molar-refractivity contribution < 1.29 is 9.52 Å². The molecule has 0 unspecified atom stereocenters. The molecular weight excluding hydrogens is 240 g/mol. The molecule has 0 saturated carbocycles. The summed E-state index contributed by atoms with van der Waals surface area (Å²) in [5, 5.41) is 9.52. The molecule has 0 aliphatic rings. The van der Waals surface area contributed by atoms with Crippen molar-refractivity contribution in [3.63, 3.8) is 0 Å². The number of hydrogen-bond acceptors (Lipinski definition) is 3. The van der Waals surface area contributed by atoms with Gasteiger partial charge in [0.2, 0.25) is 0 Å². The Morgan fingerprint density at radius 1 is 1.05 bits per heavy atom. The normalized spacial score (nSPS) is 12.5. The van der Waals surface area contributed by atoms with E-state index in [1.165, 1.54) is 19.3 Å². The van der Waals surface area contributed by atoms with E-state index in [-0.39, 0.29) is 11.7 Å². The maximum Gasteiger partial charge on any atom is 0.339 e. The van der Waals surface area contributed by atoms with Crippen molar-refractivity contribution in [3.05, 3.63) is 28.3 Å². The minimum absolute atomic E-state index is 0.0151. The number of rotatable bonds is 9. The third kappa shape index (κ3) is 5.95. The van der Waals surface area contributed by atoms with Crippen molar-refractivity contribution in [1.82, 2.24) is 0 Å². The summed E-state index contributed by atoms with van der Waals surface area (Å²) in [4.78, 5) is 11.3. The zero-order valence-electron chi connectivity index (χ0n) is 12.2. The quantitative estimate of drug-likeness (QED) is 0.665. The molecule has 0 aliphatic heterocycles. The second-order valence-electron chi connectivity index (χ2n) is 5.23. The first-order chi connectivity index (χ1) is 9.17. The molecule has 1 heterocycles. The molecule has 19 heavy (non-hydrogen) atoms. The van der Waals surface area contributed by atoms with Gasteiger partial charge in [-0.2, -0.15) is 0 Å². The van der Waals surface area contributed by atoms with Gasteiger partial charge in [-0.1, -0.05) is 52.4 Å². The largest absolute Gasteiger partial charge is 0.508 e. The molecule has 0 fully saturated rings. The van der Waals surface area contributed by atoms with Crippen molar-refractivity contribution in [2.75, 3.05) is 0 Å². The first-order valence-corrected chi connectivity index (χ1v) is 7.51. The summed E-state index contributed by atoms with van der Waals surface area (Å²) in [7, 11) is 0. The maximum atomic E-state index is 11.3. The third-order valence-corrected chi connectivity index (χ3v) is 3.49. The van der Waals surface area contributed by atoms with Crippen molar-refractivity contribution in [1.29, 1.82) is 0 Å². The number of hydrogen-bond donors (Lipinski definition) is 1. The van der Waals surface area contributed by atoms with E-state index >= 15 is 0 Å². The molecule has 0 spiro atoms. The van der Waals surface area contributed by atoms with E-state index in [9.17, 15) is 9.90 Å². The first-order valence-electron chi connectivity index (χ1n) is 7.51. The van der Waals surface area contributed by atoms with E-state index in [1.807, 2.05) is 0 Å². The van der Waals surface area contributed by atoms with Crippen LogP contribution in [0.2, 0.25) is 0 Å². The Hall–Kier alpha value is -1.25. The molecule has 1 aromatic rings. The van der Waals surface area contributed by atoms with Crippen molar-refractivity contribution in [3.8, 4) is 5.75 Å². The van der Waals surface area contributed by atoms with Crippen LogP contribution < -0.4 is 5.63 Å². The van der Waals surface area contributed by atoms with Gasteiger partial charge in [0.25, 0.3) is 0 Å². The van der Waals surface area contributed by atoms with E-state index in [4.69, 9.17) is 4.42 Å². The lowest BCUT2D eigenvalue weighted by atomic mass is 9.92. The van der Waals surface area contributed by atoms with E-state index < -0.39 is 5.63 Å². The van der Waals surface area contributed by atoms with Gasteiger partial charge in [-0.05, 0) is 12.8 Å². The van der Waals surface area contributed by atoms with Crippen LogP contribution in [0.3, 0.4) is 0 Å². The molecule has 1 atom stereocenters. The van der Waals surface area contributed by atoms with E-state index in [1.54, 1.807) is 6.07 Å². The van der Waals surface area contributed by atoms with Crippen LogP contribution in [0.15, 0.2) is 21.3 Å². The lowest BCUT2D eigenvalue weighted by Crippen LogP contribution is -2.05. The third-order valence-electron chi connectivity index (χ3n) is 3.49. The zero-order valence-corrected chi connectivity index (χ0v) is 12.2. The van der Waals surface area contributed by atoms with Crippen LogP contribution in [0.25, 0.3) is 0 Å². The van der Waals surface area contributed by atoms with E-state index in [0.29, 0.717) is 5.76 Å². The molecule has 0 saturated heterocycles. The van der Waals surface area contributed by atoms with Crippen LogP contribution in [0.4, 0.5) is 0 Å². The summed E-state index contributed by atoms with van der Waals surface area (Å²) in [5.41, 5.74) is -0.454. The molecular formula is C16H26O3. The second kappa shape index (κ2) is 8.78. The summed E-state index contributed by atoms with van der Waals surface area (Å²) >= 11 is 0. The van der Waals surface area contributed by atoms with Gasteiger partial charge >= 0.3 is 5.63 Å². The van der Waals surface area contributed by atoms with E-state index in [0.717, 1.165) is 38.2 Å². The zero-order chi connectivity index (χ0) is 14.1. The van der Waals surface area contributed by atoms with Crippen LogP contribution >= 0.6 is 0 Å². The Morgan fingerprint density at radius 3 is 2.37 bits per heavy atom. The molecule has 0 radical (unpaired) electrons. The van der Waals surface area contributed by atoms with Gasteiger partial charge in [-0.3, -0.25) is 0 Å². The second-order valence-corrected chi connectivity index (χ2v) is 5.23. The molecule has 3 nitrogen and oxygen atoms in total. The molecule has 1 rings (SSSR count). The van der Waals surface area contributed by atoms with Gasteiger partial charge in [-0.25, -0.2) is 4.79 Å². The smallest absolute Gasteiger partial charge is 0.339 e. The minimum atomic E-state index is -0.454. The van der Waals surface area contributed by atoms with Gasteiger partial charge in [-0.15, -0.1) is 0 Å². The highest BCUT2D eigenvalue weighted by Gasteiger charge is 2.15. The standard InChI is InChI=1S/C16H26O3/c1-3-5-7-8-10-13(9-6-4-2)15-11-14(17)12-16(18)19-15/h11-13,17H,3-10H2,1-2H3/t13-/m1/s1. The molecule has 0 aromatic carbocycles. The summed E-state index contributed by atoms with van der Waals surface area (Å²) in [6.45, 7) is 4.36. The van der Waals surface area contributed by atoms with Crippen LogP contribution in [0, 0.1) is 0 Å². The molecule has 0 amide bonds. The highest BCUT2D eigenvalue weighted by Crippen LogP contribution is 2.28. The van der Waals surface area contributed by atoms with Crippen molar-refractivity contribution >= 4 is 0 Å². The van der Waals surface area contributed by atoms with Crippen LogP contribution in [0.1, 0.15) is 76.9 Å². The van der Waals surface area contributed by atoms with Crippen molar-refractivity contribution in [2.24, 2.45) is 0 Å². The summed E-state index contributed by atoms with van der Waals surface area (Å²) in [5.74, 6) is 0.924. The average Bonchev–Trinajstić information content (AvgIpc) is 2.36. The Bertz CT molecular complexity index is 409. The predicted molar refractivity (Wildman–Crippen MR) is 77.7 cm³/mol. The Balaban J connectivity index is 2.68. The van der Waals surface area contributed by atoms with E-state index in [2.05, 4.69) is 13.8 Å². The maximum absolute atomic E-state index is 11.3. The fourth-order valence-electron chi connectivity index (χ4n) is 2.38. The fourth-order valence-corrected chi connectivity index (χ4v) is 2.38. The first kappa shape index (κ1) is 15.8. The van der Waals surface area contributed by atoms with Gasteiger partial charge in [0, 0.05) is 12.0 Å². The van der Waals surface area contributed by atoms with Crippen LogP contribution in [0.5, 0.6) is 5.75 Å². The highest BCUT2D eigenvalue weighted by molar-refractivity contribution is 5.20. The number of aromatic hydroxyl groups is 1. The summed E-state index contributed by atoms with van der Waals surface area (Å²) < 4.78 is 5.26. The molecule has 1 N–H and O–H groups in total. The molecule has 0 aliphatic carbocycles. The molecule has 0 bridgehead atoms. The lowest BCUT2D eigenvalue weighted by molar-refractivity contribution is 0.371. The molecule has 3 heteroatoms. The average molecular weight is 266 g/mol. The SMILES string of the molecule is CCCCCC[C@@H](CCCC)c1cc(O)cc(=O)o1. The molecule has 108 valence electrons. The van der Waals surface area contributed by atoms with Crippen LogP contribution in [-0.2, 0) is 0 Å². The lowest BCUT2D eigenvalue weighted by Gasteiger charge is -2.15. The van der Waals surface area contributed by atoms with Gasteiger partial charge in [0.15, 0.2) is 0 Å². The van der Waals surface area contributed by atoms with Gasteiger partial charge in [0.05, 0.1) is 6.07 Å². The van der Waals surface area contributed by atoms with Gasteiger partial charge in [0.1, 0.15) is 11.5 Å². The summed E-state index contributed by atoms with van der Waals surface area (Å²) in [6, 6.07) is 2.72.